The summed E-state index contributed by atoms with van der Waals surface area (Å²) in [6.45, 7) is 0.788. The Balaban J connectivity index is 2.00. The van der Waals surface area contributed by atoms with E-state index >= 15 is 0 Å². The molecule has 0 unspecified atom stereocenters. The molecule has 1 heterocycles. The zero-order valence-corrected chi connectivity index (χ0v) is 13.0. The smallest absolute Gasteiger partial charge is 0.321 e. The van der Waals surface area contributed by atoms with Gasteiger partial charge in [-0.3, -0.25) is 0 Å². The third kappa shape index (κ3) is 4.66. The predicted octanol–water partition coefficient (Wildman–Crippen LogP) is 2.25. The number of nitrogens with one attached hydrogen (secondary N) is 1. The number of likely N-dealkylation sites (tertiary alicyclic amines) is 1. The maximum absolute atomic E-state index is 13.5. The van der Waals surface area contributed by atoms with Crippen molar-refractivity contribution in [1.29, 1.82) is 0 Å². The zero-order chi connectivity index (χ0) is 16.3. The van der Waals surface area contributed by atoms with Crippen molar-refractivity contribution < 1.29 is 22.0 Å². The van der Waals surface area contributed by atoms with Crippen molar-refractivity contribution >= 4 is 21.6 Å². The Labute approximate surface area is 128 Å². The predicted molar refractivity (Wildman–Crippen MR) is 79.4 cm³/mol. The molecule has 8 heteroatoms. The minimum absolute atomic E-state index is 0.0295. The van der Waals surface area contributed by atoms with Gasteiger partial charge in [0.05, 0.1) is 11.4 Å². The minimum Gasteiger partial charge on any atom is -0.324 e. The van der Waals surface area contributed by atoms with E-state index in [0.717, 1.165) is 18.6 Å². The van der Waals surface area contributed by atoms with Gasteiger partial charge < -0.3 is 10.2 Å². The molecule has 1 aliphatic heterocycles. The van der Waals surface area contributed by atoms with Crippen LogP contribution in [0.1, 0.15) is 12.8 Å². The number of benzene rings is 1. The summed E-state index contributed by atoms with van der Waals surface area (Å²) in [5.41, 5.74) is -0.100. The number of anilines is 1. The molecule has 2 rings (SSSR count). The van der Waals surface area contributed by atoms with Crippen LogP contribution in [0.3, 0.4) is 0 Å². The molecule has 0 aliphatic carbocycles. The molecule has 1 aromatic rings. The number of hydrogen-bond donors (Lipinski definition) is 1. The van der Waals surface area contributed by atoms with Gasteiger partial charge in [0.15, 0.2) is 0 Å². The molecule has 5 nitrogen and oxygen atoms in total. The Morgan fingerprint density at radius 3 is 2.77 bits per heavy atom. The van der Waals surface area contributed by atoms with Crippen molar-refractivity contribution in [3.63, 3.8) is 0 Å². The van der Waals surface area contributed by atoms with Crippen molar-refractivity contribution in [3.8, 4) is 0 Å². The molecule has 122 valence electrons. The third-order valence-corrected chi connectivity index (χ3v) is 4.59. The second-order valence-electron chi connectivity index (χ2n) is 5.60. The van der Waals surface area contributed by atoms with Gasteiger partial charge in [-0.2, -0.15) is 0 Å². The van der Waals surface area contributed by atoms with Crippen molar-refractivity contribution in [2.45, 2.75) is 12.8 Å². The molecule has 1 aromatic carbocycles. The molecule has 1 atom stereocenters. The van der Waals surface area contributed by atoms with Crippen LogP contribution in [0.4, 0.5) is 19.3 Å². The molecule has 0 saturated carbocycles. The van der Waals surface area contributed by atoms with Gasteiger partial charge in [-0.15, -0.1) is 0 Å². The van der Waals surface area contributed by atoms with E-state index in [1.807, 2.05) is 0 Å². The monoisotopic (exact) mass is 332 g/mol. The van der Waals surface area contributed by atoms with Gasteiger partial charge in [-0.05, 0) is 30.9 Å². The van der Waals surface area contributed by atoms with Gasteiger partial charge in [-0.1, -0.05) is 0 Å². The largest absolute Gasteiger partial charge is 0.324 e. The molecular formula is C14H18F2N2O3S. The average molecular weight is 332 g/mol. The van der Waals surface area contributed by atoms with Crippen LogP contribution >= 0.6 is 0 Å². The SMILES string of the molecule is CS(=O)(=O)C[C@H]1CCCN(C(=O)Nc2ccc(F)cc2F)C1. The quantitative estimate of drug-likeness (QED) is 0.923. The van der Waals surface area contributed by atoms with Gasteiger partial charge in [0.2, 0.25) is 0 Å². The Kier molecular flexibility index (Phi) is 5.00. The van der Waals surface area contributed by atoms with Gasteiger partial charge in [0, 0.05) is 25.4 Å². The summed E-state index contributed by atoms with van der Waals surface area (Å²) in [6.07, 6.45) is 2.60. The van der Waals surface area contributed by atoms with Crippen molar-refractivity contribution in [1.82, 2.24) is 4.90 Å². The molecule has 0 radical (unpaired) electrons. The summed E-state index contributed by atoms with van der Waals surface area (Å²) in [5, 5.41) is 2.39. The number of sulfone groups is 1. The van der Waals surface area contributed by atoms with Crippen LogP contribution in [0.25, 0.3) is 0 Å². The first-order chi connectivity index (χ1) is 10.2. The first-order valence-corrected chi connectivity index (χ1v) is 8.99. The van der Waals surface area contributed by atoms with E-state index in [4.69, 9.17) is 0 Å². The number of halogens is 2. The maximum Gasteiger partial charge on any atom is 0.321 e. The molecule has 0 spiro atoms. The number of urea groups is 1. The summed E-state index contributed by atoms with van der Waals surface area (Å²) < 4.78 is 49.0. The summed E-state index contributed by atoms with van der Waals surface area (Å²) in [5.74, 6) is -1.66. The lowest BCUT2D eigenvalue weighted by Crippen LogP contribution is -2.44. The van der Waals surface area contributed by atoms with E-state index in [1.54, 1.807) is 0 Å². The zero-order valence-electron chi connectivity index (χ0n) is 12.2. The van der Waals surface area contributed by atoms with Crippen LogP contribution in [-0.4, -0.2) is 44.4 Å². The summed E-state index contributed by atoms with van der Waals surface area (Å²) in [7, 11) is -3.10. The number of nitrogens with zero attached hydrogens (tertiary/aromatic N) is 1. The van der Waals surface area contributed by atoms with Crippen LogP contribution < -0.4 is 5.32 Å². The van der Waals surface area contributed by atoms with Crippen molar-refractivity contribution in [2.24, 2.45) is 5.92 Å². The van der Waals surface area contributed by atoms with E-state index in [-0.39, 0.29) is 17.4 Å². The number of carbonyl (C=O) groups excluding carboxylic acids is 1. The molecule has 1 N–H and O–H groups in total. The summed E-state index contributed by atoms with van der Waals surface area (Å²) in [6, 6.07) is 2.39. The van der Waals surface area contributed by atoms with E-state index in [9.17, 15) is 22.0 Å². The average Bonchev–Trinajstić information content (AvgIpc) is 2.40. The highest BCUT2D eigenvalue weighted by atomic mass is 32.2. The standard InChI is InChI=1S/C14H18F2N2O3S/c1-22(20,21)9-10-3-2-6-18(8-10)14(19)17-13-5-4-11(15)7-12(13)16/h4-5,7,10H,2-3,6,8-9H2,1H3,(H,17,19)/t10-/m0/s1. The van der Waals surface area contributed by atoms with Crippen LogP contribution in [0.5, 0.6) is 0 Å². The first kappa shape index (κ1) is 16.7. The minimum atomic E-state index is -3.10. The summed E-state index contributed by atoms with van der Waals surface area (Å²) >= 11 is 0. The number of carbonyl (C=O) groups is 1. The molecule has 1 aliphatic rings. The first-order valence-electron chi connectivity index (χ1n) is 6.93. The second-order valence-corrected chi connectivity index (χ2v) is 7.79. The van der Waals surface area contributed by atoms with Gasteiger partial charge in [0.1, 0.15) is 21.5 Å². The molecule has 1 fully saturated rings. The Bertz CT molecular complexity index is 664. The van der Waals surface area contributed by atoms with Crippen LogP contribution in [-0.2, 0) is 9.84 Å². The normalized spacial score (nSPS) is 19.0. The van der Waals surface area contributed by atoms with Crippen molar-refractivity contribution in [2.75, 3.05) is 30.4 Å². The second kappa shape index (κ2) is 6.60. The van der Waals surface area contributed by atoms with E-state index in [0.29, 0.717) is 25.6 Å². The highest BCUT2D eigenvalue weighted by molar-refractivity contribution is 7.90. The number of hydrogen-bond acceptors (Lipinski definition) is 3. The highest BCUT2D eigenvalue weighted by Gasteiger charge is 2.26. The summed E-state index contributed by atoms with van der Waals surface area (Å²) in [4.78, 5) is 13.6. The van der Waals surface area contributed by atoms with E-state index in [2.05, 4.69) is 5.32 Å². The van der Waals surface area contributed by atoms with E-state index < -0.39 is 27.5 Å². The molecular weight excluding hydrogens is 314 g/mol. The van der Waals surface area contributed by atoms with E-state index in [1.165, 1.54) is 11.2 Å². The number of rotatable bonds is 3. The van der Waals surface area contributed by atoms with Crippen molar-refractivity contribution in [3.05, 3.63) is 29.8 Å². The maximum atomic E-state index is 13.5. The van der Waals surface area contributed by atoms with Crippen LogP contribution in [0.2, 0.25) is 0 Å². The fourth-order valence-electron chi connectivity index (χ4n) is 2.60. The Hall–Kier alpha value is -1.70. The lowest BCUT2D eigenvalue weighted by Gasteiger charge is -2.32. The lowest BCUT2D eigenvalue weighted by atomic mass is 10.0. The fourth-order valence-corrected chi connectivity index (χ4v) is 3.73. The molecule has 0 bridgehead atoms. The third-order valence-electron chi connectivity index (χ3n) is 3.52. The fraction of sp³-hybridized carbons (Fsp3) is 0.500. The Morgan fingerprint density at radius 2 is 2.14 bits per heavy atom. The number of piperidine rings is 1. The van der Waals surface area contributed by atoms with Gasteiger partial charge >= 0.3 is 6.03 Å². The molecule has 1 saturated heterocycles. The highest BCUT2D eigenvalue weighted by Crippen LogP contribution is 2.20. The lowest BCUT2D eigenvalue weighted by molar-refractivity contribution is 0.182. The molecule has 2 amide bonds. The Morgan fingerprint density at radius 1 is 1.41 bits per heavy atom. The van der Waals surface area contributed by atoms with Crippen LogP contribution in [0, 0.1) is 17.6 Å². The number of amides is 2. The topological polar surface area (TPSA) is 66.5 Å². The van der Waals surface area contributed by atoms with Crippen LogP contribution in [0.15, 0.2) is 18.2 Å². The van der Waals surface area contributed by atoms with Gasteiger partial charge in [0.25, 0.3) is 0 Å². The van der Waals surface area contributed by atoms with Gasteiger partial charge in [-0.25, -0.2) is 22.0 Å². The molecule has 22 heavy (non-hydrogen) atoms. The molecule has 0 aromatic heterocycles.